The molecule has 0 saturated carbocycles. The van der Waals surface area contributed by atoms with Gasteiger partial charge >= 0.3 is 0 Å². The predicted molar refractivity (Wildman–Crippen MR) is 106 cm³/mol. The number of benzene rings is 1. The topological polar surface area (TPSA) is 50.5 Å². The Labute approximate surface area is 157 Å². The van der Waals surface area contributed by atoms with E-state index in [4.69, 9.17) is 0 Å². The summed E-state index contributed by atoms with van der Waals surface area (Å²) in [4.78, 5) is 14.5. The first-order valence-electron chi connectivity index (χ1n) is 9.21. The van der Waals surface area contributed by atoms with E-state index in [1.54, 1.807) is 0 Å². The lowest BCUT2D eigenvalue weighted by Crippen LogP contribution is -2.36. The summed E-state index contributed by atoms with van der Waals surface area (Å²) in [7, 11) is 0. The maximum atomic E-state index is 12.5. The quantitative estimate of drug-likeness (QED) is 0.658. The number of carbonyl (C=O) groups is 1. The average molecular weight is 369 g/mol. The Morgan fingerprint density at radius 1 is 1.08 bits per heavy atom. The number of likely N-dealkylation sites (tertiary alicyclic amines) is 1. The molecule has 1 fully saturated rings. The van der Waals surface area contributed by atoms with Crippen LogP contribution >= 0.6 is 11.8 Å². The third kappa shape index (κ3) is 2.96. The molecule has 0 radical (unpaired) electrons. The van der Waals surface area contributed by atoms with Crippen molar-refractivity contribution in [1.29, 1.82) is 0 Å². The van der Waals surface area contributed by atoms with E-state index in [0.717, 1.165) is 47.8 Å². The second-order valence-electron chi connectivity index (χ2n) is 7.14. The Balaban J connectivity index is 1.71. The fourth-order valence-electron chi connectivity index (χ4n) is 3.71. The van der Waals surface area contributed by atoms with Crippen LogP contribution < -0.4 is 0 Å². The Kier molecular flexibility index (Phi) is 4.61. The number of nitrogens with zero attached hydrogens (tertiary/aromatic N) is 4. The number of aromatic nitrogens is 3. The van der Waals surface area contributed by atoms with Gasteiger partial charge in [0.15, 0.2) is 10.8 Å². The van der Waals surface area contributed by atoms with Crippen LogP contribution in [0, 0.1) is 20.8 Å². The first kappa shape index (κ1) is 17.3. The molecule has 4 rings (SSSR count). The summed E-state index contributed by atoms with van der Waals surface area (Å²) in [6, 6.07) is 6.47. The number of carbonyl (C=O) groups excluding carboxylic acids is 1. The molecule has 0 bridgehead atoms. The van der Waals surface area contributed by atoms with Gasteiger partial charge in [0.2, 0.25) is 5.91 Å². The lowest BCUT2D eigenvalue weighted by Gasteiger charge is -2.26. The first-order valence-corrected chi connectivity index (χ1v) is 10.2. The molecule has 1 saturated heterocycles. The molecule has 6 heteroatoms. The number of hydrogen-bond acceptors (Lipinski definition) is 4. The Morgan fingerprint density at radius 3 is 2.62 bits per heavy atom. The molecule has 1 aromatic carbocycles. The van der Waals surface area contributed by atoms with Gasteiger partial charge in [0.25, 0.3) is 0 Å². The molecule has 1 aliphatic heterocycles. The molecular weight excluding hydrogens is 344 g/mol. The molecule has 0 spiro atoms. The number of fused-ring (bicyclic) bond motifs is 3. The molecule has 26 heavy (non-hydrogen) atoms. The summed E-state index contributed by atoms with van der Waals surface area (Å²) in [6.07, 6.45) is 3.47. The Morgan fingerprint density at radius 2 is 1.85 bits per heavy atom. The van der Waals surface area contributed by atoms with Crippen LogP contribution in [-0.4, -0.2) is 44.2 Å². The van der Waals surface area contributed by atoms with Crippen LogP contribution in [0.2, 0.25) is 0 Å². The summed E-state index contributed by atoms with van der Waals surface area (Å²) >= 11 is 1.49. The molecule has 1 amide bonds. The lowest BCUT2D eigenvalue weighted by molar-refractivity contribution is -0.129. The van der Waals surface area contributed by atoms with Crippen molar-refractivity contribution >= 4 is 34.2 Å². The molecule has 0 N–H and O–H groups in total. The van der Waals surface area contributed by atoms with Crippen LogP contribution in [0.25, 0.3) is 16.6 Å². The number of hydrogen-bond donors (Lipinski definition) is 0. The van der Waals surface area contributed by atoms with E-state index >= 15 is 0 Å². The maximum Gasteiger partial charge on any atom is 0.233 e. The number of amides is 1. The third-order valence-electron chi connectivity index (χ3n) is 5.35. The predicted octanol–water partition coefficient (Wildman–Crippen LogP) is 3.91. The van der Waals surface area contributed by atoms with Crippen molar-refractivity contribution in [2.24, 2.45) is 0 Å². The van der Waals surface area contributed by atoms with Gasteiger partial charge in [0, 0.05) is 13.1 Å². The van der Waals surface area contributed by atoms with Crippen molar-refractivity contribution in [1.82, 2.24) is 19.5 Å². The van der Waals surface area contributed by atoms with Gasteiger partial charge in [-0.1, -0.05) is 23.9 Å². The molecule has 5 nitrogen and oxygen atoms in total. The van der Waals surface area contributed by atoms with Crippen LogP contribution in [0.15, 0.2) is 23.4 Å². The highest BCUT2D eigenvalue weighted by molar-refractivity contribution is 7.99. The van der Waals surface area contributed by atoms with Crippen molar-refractivity contribution in [2.75, 3.05) is 18.8 Å². The smallest absolute Gasteiger partial charge is 0.233 e. The molecule has 1 aliphatic rings. The summed E-state index contributed by atoms with van der Waals surface area (Å²) in [5.74, 6) is 0.623. The number of pyridine rings is 1. The zero-order valence-corrected chi connectivity index (χ0v) is 16.4. The minimum Gasteiger partial charge on any atom is -0.342 e. The van der Waals surface area contributed by atoms with E-state index in [1.165, 1.54) is 34.7 Å². The van der Waals surface area contributed by atoms with E-state index in [-0.39, 0.29) is 5.91 Å². The molecule has 3 heterocycles. The molecule has 2 aromatic heterocycles. The van der Waals surface area contributed by atoms with Gasteiger partial charge in [-0.05, 0) is 68.2 Å². The van der Waals surface area contributed by atoms with Crippen LogP contribution in [-0.2, 0) is 4.79 Å². The monoisotopic (exact) mass is 368 g/mol. The second-order valence-corrected chi connectivity index (χ2v) is 8.09. The summed E-state index contributed by atoms with van der Waals surface area (Å²) in [5, 5.41) is 10.8. The SMILES string of the molecule is Cc1ccc2cc(C)c3nnc(SCC(=O)N4CCCCC4)n3c2c1C. The summed E-state index contributed by atoms with van der Waals surface area (Å²) in [5.41, 5.74) is 5.60. The largest absolute Gasteiger partial charge is 0.342 e. The first-order chi connectivity index (χ1) is 12.6. The standard InChI is InChI=1S/C20H24N4OS/c1-13-7-8-16-11-14(2)19-21-22-20(24(19)18(16)15(13)3)26-12-17(25)23-9-5-4-6-10-23/h7-8,11H,4-6,9-10,12H2,1-3H3. The van der Waals surface area contributed by atoms with Crippen LogP contribution in [0.1, 0.15) is 36.0 Å². The minimum absolute atomic E-state index is 0.205. The van der Waals surface area contributed by atoms with E-state index in [1.807, 2.05) is 4.90 Å². The van der Waals surface area contributed by atoms with Gasteiger partial charge in [-0.15, -0.1) is 10.2 Å². The summed E-state index contributed by atoms with van der Waals surface area (Å²) < 4.78 is 2.13. The molecular formula is C20H24N4OS. The van der Waals surface area contributed by atoms with Crippen LogP contribution in [0.4, 0.5) is 0 Å². The van der Waals surface area contributed by atoms with Crippen molar-refractivity contribution in [3.63, 3.8) is 0 Å². The lowest BCUT2D eigenvalue weighted by atomic mass is 10.0. The van der Waals surface area contributed by atoms with E-state index in [9.17, 15) is 4.79 Å². The van der Waals surface area contributed by atoms with Gasteiger partial charge in [0.05, 0.1) is 11.3 Å². The number of piperidine rings is 1. The van der Waals surface area contributed by atoms with Gasteiger partial charge in [-0.2, -0.15) is 0 Å². The number of thioether (sulfide) groups is 1. The average Bonchev–Trinajstić information content (AvgIpc) is 3.08. The second kappa shape index (κ2) is 6.91. The number of aryl methyl sites for hydroxylation is 3. The molecule has 0 unspecified atom stereocenters. The van der Waals surface area contributed by atoms with Gasteiger partial charge in [-0.3, -0.25) is 9.20 Å². The van der Waals surface area contributed by atoms with E-state index in [0.29, 0.717) is 5.75 Å². The fraction of sp³-hybridized carbons (Fsp3) is 0.450. The van der Waals surface area contributed by atoms with Crippen molar-refractivity contribution in [2.45, 2.75) is 45.2 Å². The number of rotatable bonds is 3. The van der Waals surface area contributed by atoms with Crippen LogP contribution in [0.3, 0.4) is 0 Å². The highest BCUT2D eigenvalue weighted by Crippen LogP contribution is 2.29. The molecule has 0 aliphatic carbocycles. The highest BCUT2D eigenvalue weighted by atomic mass is 32.2. The van der Waals surface area contributed by atoms with Gasteiger partial charge in [0.1, 0.15) is 0 Å². The summed E-state index contributed by atoms with van der Waals surface area (Å²) in [6.45, 7) is 8.10. The molecule has 0 atom stereocenters. The molecule has 3 aromatic rings. The third-order valence-corrected chi connectivity index (χ3v) is 6.26. The normalized spacial score (nSPS) is 15.1. The van der Waals surface area contributed by atoms with Gasteiger partial charge < -0.3 is 4.90 Å². The maximum absolute atomic E-state index is 12.5. The van der Waals surface area contributed by atoms with E-state index in [2.05, 4.69) is 53.6 Å². The van der Waals surface area contributed by atoms with E-state index < -0.39 is 0 Å². The fourth-order valence-corrected chi connectivity index (χ4v) is 4.55. The van der Waals surface area contributed by atoms with Crippen molar-refractivity contribution in [3.05, 3.63) is 34.9 Å². The molecule has 136 valence electrons. The van der Waals surface area contributed by atoms with Crippen LogP contribution in [0.5, 0.6) is 0 Å². The van der Waals surface area contributed by atoms with Crippen molar-refractivity contribution < 1.29 is 4.79 Å². The Bertz CT molecular complexity index is 989. The van der Waals surface area contributed by atoms with Crippen molar-refractivity contribution in [3.8, 4) is 0 Å². The highest BCUT2D eigenvalue weighted by Gasteiger charge is 2.19. The zero-order valence-electron chi connectivity index (χ0n) is 15.6. The Hall–Kier alpha value is -2.08. The van der Waals surface area contributed by atoms with Gasteiger partial charge in [-0.25, -0.2) is 0 Å². The minimum atomic E-state index is 0.205. The zero-order chi connectivity index (χ0) is 18.3.